The first-order valence-electron chi connectivity index (χ1n) is 10.5. The molecule has 0 saturated carbocycles. The van der Waals surface area contributed by atoms with Gasteiger partial charge in [-0.3, -0.25) is 9.59 Å². The number of fused-ring (bicyclic) bond motifs is 2. The molecular formula is C25H26ClN3O2. The van der Waals surface area contributed by atoms with E-state index in [0.29, 0.717) is 24.4 Å². The molecule has 0 aliphatic carbocycles. The topological polar surface area (TPSA) is 61.4 Å². The molecule has 0 radical (unpaired) electrons. The van der Waals surface area contributed by atoms with E-state index in [2.05, 4.69) is 10.6 Å². The highest BCUT2D eigenvalue weighted by Crippen LogP contribution is 2.33. The maximum absolute atomic E-state index is 13.7. The third kappa shape index (κ3) is 4.29. The highest BCUT2D eigenvalue weighted by atomic mass is 35.5. The number of anilines is 1. The molecule has 31 heavy (non-hydrogen) atoms. The Morgan fingerprint density at radius 3 is 2.68 bits per heavy atom. The highest BCUT2D eigenvalue weighted by molar-refractivity contribution is 6.32. The Hall–Kier alpha value is -2.89. The van der Waals surface area contributed by atoms with E-state index >= 15 is 0 Å². The molecule has 0 bridgehead atoms. The van der Waals surface area contributed by atoms with Crippen LogP contribution in [0.3, 0.4) is 0 Å². The van der Waals surface area contributed by atoms with Crippen LogP contribution in [0.4, 0.5) is 5.69 Å². The molecule has 3 aromatic rings. The average Bonchev–Trinajstić information content (AvgIpc) is 2.92. The number of halogens is 1. The zero-order chi connectivity index (χ0) is 22.0. The van der Waals surface area contributed by atoms with Crippen LogP contribution < -0.4 is 15.5 Å². The van der Waals surface area contributed by atoms with Gasteiger partial charge in [0.2, 0.25) is 11.8 Å². The lowest BCUT2D eigenvalue weighted by atomic mass is 10.0. The van der Waals surface area contributed by atoms with Crippen LogP contribution in [0.1, 0.15) is 24.5 Å². The van der Waals surface area contributed by atoms with Gasteiger partial charge in [0.1, 0.15) is 6.04 Å². The number of carbonyl (C=O) groups is 2. The van der Waals surface area contributed by atoms with Crippen LogP contribution in [-0.2, 0) is 22.6 Å². The molecule has 160 valence electrons. The predicted molar refractivity (Wildman–Crippen MR) is 125 cm³/mol. The van der Waals surface area contributed by atoms with Crippen molar-refractivity contribution >= 4 is 39.9 Å². The fourth-order valence-corrected chi connectivity index (χ4v) is 4.29. The van der Waals surface area contributed by atoms with Gasteiger partial charge in [-0.15, -0.1) is 0 Å². The van der Waals surface area contributed by atoms with Gasteiger partial charge in [-0.2, -0.15) is 0 Å². The molecule has 6 heteroatoms. The van der Waals surface area contributed by atoms with Crippen molar-refractivity contribution in [2.45, 2.75) is 38.4 Å². The van der Waals surface area contributed by atoms with Gasteiger partial charge in [0, 0.05) is 10.7 Å². The summed E-state index contributed by atoms with van der Waals surface area (Å²) in [6.07, 6.45) is 1.26. The van der Waals surface area contributed by atoms with Gasteiger partial charge in [-0.25, -0.2) is 0 Å². The Balaban J connectivity index is 1.74. The van der Waals surface area contributed by atoms with E-state index in [1.165, 1.54) is 0 Å². The third-order valence-electron chi connectivity index (χ3n) is 5.99. The first-order valence-corrected chi connectivity index (χ1v) is 10.9. The smallest absolute Gasteiger partial charge is 0.249 e. The number of hydrogen-bond acceptors (Lipinski definition) is 3. The molecule has 2 atom stereocenters. The van der Waals surface area contributed by atoms with Crippen molar-refractivity contribution in [2.24, 2.45) is 0 Å². The molecule has 2 unspecified atom stereocenters. The summed E-state index contributed by atoms with van der Waals surface area (Å²) >= 11 is 6.60. The maximum atomic E-state index is 13.7. The fourth-order valence-electron chi connectivity index (χ4n) is 4.07. The summed E-state index contributed by atoms with van der Waals surface area (Å²) in [5.41, 5.74) is 2.86. The predicted octanol–water partition coefficient (Wildman–Crippen LogP) is 4.07. The van der Waals surface area contributed by atoms with E-state index in [4.69, 9.17) is 11.6 Å². The molecule has 1 heterocycles. The summed E-state index contributed by atoms with van der Waals surface area (Å²) in [6, 6.07) is 18.8. The van der Waals surface area contributed by atoms with Crippen molar-refractivity contribution in [1.29, 1.82) is 0 Å². The molecule has 0 spiro atoms. The van der Waals surface area contributed by atoms with Gasteiger partial charge >= 0.3 is 0 Å². The van der Waals surface area contributed by atoms with Crippen LogP contribution in [0.15, 0.2) is 60.7 Å². The second kappa shape index (κ2) is 9.08. The van der Waals surface area contributed by atoms with E-state index in [1.807, 2.05) is 60.7 Å². The van der Waals surface area contributed by atoms with Gasteiger partial charge in [0.15, 0.2) is 0 Å². The van der Waals surface area contributed by atoms with Crippen LogP contribution in [0.2, 0.25) is 5.02 Å². The molecule has 5 nitrogen and oxygen atoms in total. The molecule has 2 N–H and O–H groups in total. The molecular weight excluding hydrogens is 410 g/mol. The van der Waals surface area contributed by atoms with Crippen molar-refractivity contribution in [3.8, 4) is 0 Å². The van der Waals surface area contributed by atoms with Crippen molar-refractivity contribution in [3.05, 3.63) is 76.8 Å². The van der Waals surface area contributed by atoms with Gasteiger partial charge in [0.25, 0.3) is 0 Å². The Bertz CT molecular complexity index is 1130. The molecule has 0 saturated heterocycles. The minimum Gasteiger partial charge on any atom is -0.343 e. The van der Waals surface area contributed by atoms with Crippen molar-refractivity contribution < 1.29 is 9.59 Å². The summed E-state index contributed by atoms with van der Waals surface area (Å²) in [5, 5.41) is 8.58. The number of benzene rings is 3. The van der Waals surface area contributed by atoms with Gasteiger partial charge in [0.05, 0.1) is 12.6 Å². The Labute approximate surface area is 187 Å². The number of likely N-dealkylation sites (N-methyl/N-ethyl adjacent to an activating group) is 1. The lowest BCUT2D eigenvalue weighted by Gasteiger charge is -2.28. The lowest BCUT2D eigenvalue weighted by molar-refractivity contribution is -0.128. The summed E-state index contributed by atoms with van der Waals surface area (Å²) in [6.45, 7) is 2.11. The van der Waals surface area contributed by atoms with Gasteiger partial charge in [-0.1, -0.05) is 60.1 Å². The van der Waals surface area contributed by atoms with Crippen LogP contribution in [0.25, 0.3) is 10.8 Å². The number of para-hydroxylation sites is 1. The normalized spacial score (nSPS) is 17.2. The molecule has 1 aliphatic heterocycles. The molecule has 4 rings (SSSR count). The van der Waals surface area contributed by atoms with Crippen molar-refractivity contribution in [1.82, 2.24) is 10.6 Å². The SMILES string of the molecule is CNC(C)C(=O)NC1CCc2ccccc2N(Cc2c(Cl)ccc3ccccc23)C1=O. The minimum absolute atomic E-state index is 0.120. The zero-order valence-electron chi connectivity index (χ0n) is 17.7. The third-order valence-corrected chi connectivity index (χ3v) is 6.35. The van der Waals surface area contributed by atoms with E-state index in [1.54, 1.807) is 18.9 Å². The number of carbonyl (C=O) groups excluding carboxylic acids is 2. The summed E-state index contributed by atoms with van der Waals surface area (Å²) in [7, 11) is 1.73. The number of rotatable bonds is 5. The van der Waals surface area contributed by atoms with Gasteiger partial charge < -0.3 is 15.5 Å². The highest BCUT2D eigenvalue weighted by Gasteiger charge is 2.32. The summed E-state index contributed by atoms with van der Waals surface area (Å²) in [4.78, 5) is 27.9. The van der Waals surface area contributed by atoms with Crippen LogP contribution in [0.5, 0.6) is 0 Å². The summed E-state index contributed by atoms with van der Waals surface area (Å²) in [5.74, 6) is -0.305. The van der Waals surface area contributed by atoms with Crippen LogP contribution >= 0.6 is 11.6 Å². The Kier molecular flexibility index (Phi) is 6.25. The monoisotopic (exact) mass is 435 g/mol. The lowest BCUT2D eigenvalue weighted by Crippen LogP contribution is -2.52. The van der Waals surface area contributed by atoms with Gasteiger partial charge in [-0.05, 0) is 60.8 Å². The minimum atomic E-state index is -0.593. The number of hydrogen-bond donors (Lipinski definition) is 2. The number of nitrogens with zero attached hydrogens (tertiary/aromatic N) is 1. The van der Waals surface area contributed by atoms with E-state index in [-0.39, 0.29) is 17.9 Å². The molecule has 2 amide bonds. The average molecular weight is 436 g/mol. The molecule has 0 fully saturated rings. The number of amides is 2. The van der Waals surface area contributed by atoms with Crippen LogP contribution in [-0.4, -0.2) is 30.9 Å². The first kappa shape index (κ1) is 21.3. The molecule has 3 aromatic carbocycles. The van der Waals surface area contributed by atoms with E-state index in [0.717, 1.165) is 27.6 Å². The second-order valence-corrected chi connectivity index (χ2v) is 8.32. The largest absolute Gasteiger partial charge is 0.343 e. The molecule has 1 aliphatic rings. The Morgan fingerprint density at radius 1 is 1.13 bits per heavy atom. The standard InChI is InChI=1S/C25H26ClN3O2/c1-16(27-2)24(30)28-22-14-12-18-8-4-6-10-23(18)29(25(22)31)15-20-19-9-5-3-7-17(19)11-13-21(20)26/h3-11,13,16,22,27H,12,14-15H2,1-2H3,(H,28,30). The zero-order valence-corrected chi connectivity index (χ0v) is 18.4. The molecule has 0 aromatic heterocycles. The van der Waals surface area contributed by atoms with E-state index < -0.39 is 6.04 Å². The fraction of sp³-hybridized carbons (Fsp3) is 0.280. The quantitative estimate of drug-likeness (QED) is 0.635. The Morgan fingerprint density at radius 2 is 1.87 bits per heavy atom. The number of nitrogens with one attached hydrogen (secondary N) is 2. The first-order chi connectivity index (χ1) is 15.0. The summed E-state index contributed by atoms with van der Waals surface area (Å²) < 4.78 is 0. The second-order valence-electron chi connectivity index (χ2n) is 7.91. The van der Waals surface area contributed by atoms with E-state index in [9.17, 15) is 9.59 Å². The van der Waals surface area contributed by atoms with Crippen molar-refractivity contribution in [2.75, 3.05) is 11.9 Å². The number of aryl methyl sites for hydroxylation is 1. The van der Waals surface area contributed by atoms with Crippen LogP contribution in [0, 0.1) is 0 Å². The maximum Gasteiger partial charge on any atom is 0.249 e. The van der Waals surface area contributed by atoms with Crippen molar-refractivity contribution in [3.63, 3.8) is 0 Å².